The highest BCUT2D eigenvalue weighted by Crippen LogP contribution is 2.16. The van der Waals surface area contributed by atoms with Crippen LogP contribution >= 0.6 is 0 Å². The molecule has 1 aliphatic heterocycles. The summed E-state index contributed by atoms with van der Waals surface area (Å²) in [4.78, 5) is 29.3. The molecule has 0 saturated carbocycles. The number of anilines is 1. The Labute approximate surface area is 178 Å². The second-order valence-corrected chi connectivity index (χ2v) is 7.74. The maximum atomic E-state index is 12.6. The van der Waals surface area contributed by atoms with Crippen LogP contribution in [0.5, 0.6) is 5.75 Å². The minimum Gasteiger partial charge on any atom is -0.497 e. The predicted octanol–water partition coefficient (Wildman–Crippen LogP) is 3.11. The second-order valence-electron chi connectivity index (χ2n) is 7.74. The van der Waals surface area contributed by atoms with Gasteiger partial charge in [-0.15, -0.1) is 0 Å². The Morgan fingerprint density at radius 1 is 1.03 bits per heavy atom. The van der Waals surface area contributed by atoms with E-state index in [2.05, 4.69) is 10.2 Å². The number of rotatable bonds is 7. The Hall–Kier alpha value is -2.86. The summed E-state index contributed by atoms with van der Waals surface area (Å²) in [7, 11) is 1.64. The summed E-state index contributed by atoms with van der Waals surface area (Å²) in [5, 5.41) is 3.02. The van der Waals surface area contributed by atoms with E-state index in [0.717, 1.165) is 29.0 Å². The molecule has 1 heterocycles. The smallest absolute Gasteiger partial charge is 0.241 e. The standard InChI is InChI=1S/C24H31N3O3/c1-18-6-4-5-7-22(18)25-24(29)19(2)26-14-16-27(17-15-26)23(28)13-10-20-8-11-21(30-3)12-9-20/h4-9,11-12,19H,10,13-17H2,1-3H3,(H,25,29). The average Bonchev–Trinajstić information content (AvgIpc) is 2.79. The lowest BCUT2D eigenvalue weighted by Crippen LogP contribution is -2.54. The van der Waals surface area contributed by atoms with Gasteiger partial charge in [0.1, 0.15) is 5.75 Å². The number of piperazine rings is 1. The molecule has 1 unspecified atom stereocenters. The third-order valence-corrected chi connectivity index (χ3v) is 5.78. The van der Waals surface area contributed by atoms with Crippen LogP contribution in [-0.4, -0.2) is 60.9 Å². The number of hydrogen-bond acceptors (Lipinski definition) is 4. The van der Waals surface area contributed by atoms with Gasteiger partial charge in [-0.2, -0.15) is 0 Å². The van der Waals surface area contributed by atoms with E-state index in [1.807, 2.05) is 67.3 Å². The number of para-hydroxylation sites is 1. The van der Waals surface area contributed by atoms with Gasteiger partial charge in [-0.1, -0.05) is 30.3 Å². The van der Waals surface area contributed by atoms with E-state index >= 15 is 0 Å². The van der Waals surface area contributed by atoms with Crippen molar-refractivity contribution in [2.24, 2.45) is 0 Å². The summed E-state index contributed by atoms with van der Waals surface area (Å²) >= 11 is 0. The molecule has 1 N–H and O–H groups in total. The van der Waals surface area contributed by atoms with Crippen molar-refractivity contribution < 1.29 is 14.3 Å². The first-order valence-corrected chi connectivity index (χ1v) is 10.5. The van der Waals surface area contributed by atoms with Gasteiger partial charge < -0.3 is 15.0 Å². The van der Waals surface area contributed by atoms with E-state index in [0.29, 0.717) is 32.6 Å². The van der Waals surface area contributed by atoms with Gasteiger partial charge >= 0.3 is 0 Å². The van der Waals surface area contributed by atoms with E-state index in [-0.39, 0.29) is 17.9 Å². The lowest BCUT2D eigenvalue weighted by Gasteiger charge is -2.37. The largest absolute Gasteiger partial charge is 0.497 e. The summed E-state index contributed by atoms with van der Waals surface area (Å²) in [6.45, 7) is 6.63. The zero-order valence-electron chi connectivity index (χ0n) is 18.1. The molecular formula is C24H31N3O3. The number of ether oxygens (including phenoxy) is 1. The van der Waals surface area contributed by atoms with Crippen LogP contribution in [0.2, 0.25) is 0 Å². The first kappa shape index (κ1) is 21.8. The van der Waals surface area contributed by atoms with Gasteiger partial charge in [-0.3, -0.25) is 14.5 Å². The fraction of sp³-hybridized carbons (Fsp3) is 0.417. The van der Waals surface area contributed by atoms with Crippen molar-refractivity contribution in [1.82, 2.24) is 9.80 Å². The third kappa shape index (κ3) is 5.60. The monoisotopic (exact) mass is 409 g/mol. The molecule has 2 amide bonds. The van der Waals surface area contributed by atoms with Gasteiger partial charge in [-0.25, -0.2) is 0 Å². The fourth-order valence-corrected chi connectivity index (χ4v) is 3.68. The number of carbonyl (C=O) groups excluding carboxylic acids is 2. The maximum absolute atomic E-state index is 12.6. The number of carbonyl (C=O) groups is 2. The lowest BCUT2D eigenvalue weighted by atomic mass is 10.1. The molecule has 160 valence electrons. The van der Waals surface area contributed by atoms with Crippen LogP contribution in [0.1, 0.15) is 24.5 Å². The molecule has 6 nitrogen and oxygen atoms in total. The van der Waals surface area contributed by atoms with E-state index in [1.54, 1.807) is 7.11 Å². The lowest BCUT2D eigenvalue weighted by molar-refractivity contribution is -0.133. The topological polar surface area (TPSA) is 61.9 Å². The molecule has 1 saturated heterocycles. The van der Waals surface area contributed by atoms with Gasteiger partial charge in [0.15, 0.2) is 0 Å². The highest BCUT2D eigenvalue weighted by molar-refractivity contribution is 5.95. The molecule has 2 aromatic rings. The van der Waals surface area contributed by atoms with Gasteiger partial charge in [-0.05, 0) is 49.6 Å². The Morgan fingerprint density at radius 3 is 2.33 bits per heavy atom. The molecule has 0 spiro atoms. The number of amides is 2. The van der Waals surface area contributed by atoms with Gasteiger partial charge in [0.05, 0.1) is 13.2 Å². The SMILES string of the molecule is COc1ccc(CCC(=O)N2CCN(C(C)C(=O)Nc3ccccc3C)CC2)cc1. The van der Waals surface area contributed by atoms with Crippen molar-refractivity contribution in [2.45, 2.75) is 32.7 Å². The minimum atomic E-state index is -0.235. The summed E-state index contributed by atoms with van der Waals surface area (Å²) in [6.07, 6.45) is 1.22. The number of nitrogens with one attached hydrogen (secondary N) is 1. The minimum absolute atomic E-state index is 0.0106. The number of methoxy groups -OCH3 is 1. The normalized spacial score (nSPS) is 15.5. The Balaban J connectivity index is 1.44. The predicted molar refractivity (Wildman–Crippen MR) is 119 cm³/mol. The van der Waals surface area contributed by atoms with Crippen molar-refractivity contribution >= 4 is 17.5 Å². The molecule has 3 rings (SSSR count). The molecule has 1 aliphatic rings. The number of aryl methyl sites for hydroxylation is 2. The summed E-state index contributed by atoms with van der Waals surface area (Å²) in [5.74, 6) is 0.979. The van der Waals surface area contributed by atoms with E-state index < -0.39 is 0 Å². The molecule has 0 bridgehead atoms. The van der Waals surface area contributed by atoms with Crippen molar-refractivity contribution in [3.63, 3.8) is 0 Å². The second kappa shape index (κ2) is 10.3. The molecule has 1 fully saturated rings. The summed E-state index contributed by atoms with van der Waals surface area (Å²) in [6, 6.07) is 15.4. The van der Waals surface area contributed by atoms with E-state index in [4.69, 9.17) is 4.74 Å². The first-order valence-electron chi connectivity index (χ1n) is 10.5. The molecule has 6 heteroatoms. The zero-order chi connectivity index (χ0) is 21.5. The van der Waals surface area contributed by atoms with E-state index in [9.17, 15) is 9.59 Å². The quantitative estimate of drug-likeness (QED) is 0.763. The number of hydrogen-bond donors (Lipinski definition) is 1. The highest BCUT2D eigenvalue weighted by Gasteiger charge is 2.27. The molecule has 0 aromatic heterocycles. The summed E-state index contributed by atoms with van der Waals surface area (Å²) in [5.41, 5.74) is 3.02. The van der Waals surface area contributed by atoms with Crippen LogP contribution in [0.15, 0.2) is 48.5 Å². The van der Waals surface area contributed by atoms with Gasteiger partial charge in [0.25, 0.3) is 0 Å². The van der Waals surface area contributed by atoms with Crippen molar-refractivity contribution in [3.05, 3.63) is 59.7 Å². The van der Waals surface area contributed by atoms with Crippen LogP contribution in [0.3, 0.4) is 0 Å². The molecule has 30 heavy (non-hydrogen) atoms. The molecule has 2 aromatic carbocycles. The third-order valence-electron chi connectivity index (χ3n) is 5.78. The molecule has 0 aliphatic carbocycles. The van der Waals surface area contributed by atoms with Gasteiger partial charge in [0, 0.05) is 38.3 Å². The van der Waals surface area contributed by atoms with Crippen LogP contribution in [0.25, 0.3) is 0 Å². The maximum Gasteiger partial charge on any atom is 0.241 e. The van der Waals surface area contributed by atoms with E-state index in [1.165, 1.54) is 0 Å². The van der Waals surface area contributed by atoms with Crippen molar-refractivity contribution in [3.8, 4) is 5.75 Å². The van der Waals surface area contributed by atoms with Crippen LogP contribution in [0.4, 0.5) is 5.69 Å². The number of benzene rings is 2. The van der Waals surface area contributed by atoms with Crippen LogP contribution in [0, 0.1) is 6.92 Å². The fourth-order valence-electron chi connectivity index (χ4n) is 3.68. The molecular weight excluding hydrogens is 378 g/mol. The molecule has 1 atom stereocenters. The van der Waals surface area contributed by atoms with Crippen LogP contribution in [-0.2, 0) is 16.0 Å². The highest BCUT2D eigenvalue weighted by atomic mass is 16.5. The average molecular weight is 410 g/mol. The zero-order valence-corrected chi connectivity index (χ0v) is 18.1. The molecule has 0 radical (unpaired) electrons. The first-order chi connectivity index (χ1) is 14.5. The number of nitrogens with zero attached hydrogens (tertiary/aromatic N) is 2. The van der Waals surface area contributed by atoms with Crippen molar-refractivity contribution in [2.75, 3.05) is 38.6 Å². The van der Waals surface area contributed by atoms with Crippen molar-refractivity contribution in [1.29, 1.82) is 0 Å². The Morgan fingerprint density at radius 2 is 1.70 bits per heavy atom. The Kier molecular flexibility index (Phi) is 7.46. The summed E-state index contributed by atoms with van der Waals surface area (Å²) < 4.78 is 5.17. The Bertz CT molecular complexity index is 858. The van der Waals surface area contributed by atoms with Crippen LogP contribution < -0.4 is 10.1 Å². The van der Waals surface area contributed by atoms with Gasteiger partial charge in [0.2, 0.25) is 11.8 Å².